The highest BCUT2D eigenvalue weighted by atomic mass is 16.5. The van der Waals surface area contributed by atoms with Crippen molar-refractivity contribution in [1.29, 1.82) is 0 Å². The predicted octanol–water partition coefficient (Wildman–Crippen LogP) is 0.637. The number of carbonyl (C=O) groups is 1. The number of nitrogens with zero attached hydrogens (tertiary/aromatic N) is 2. The topological polar surface area (TPSA) is 68.2 Å². The highest BCUT2D eigenvalue weighted by molar-refractivity contribution is 5.93. The Balaban J connectivity index is 1.98. The molecule has 2 rings (SSSR count). The Bertz CT molecular complexity index is 416. The number of likely N-dealkylation sites (N-methyl/N-ethyl adjacent to an activating group) is 1. The largest absolute Gasteiger partial charge is 0.379 e. The van der Waals surface area contributed by atoms with Gasteiger partial charge >= 0.3 is 0 Å². The lowest BCUT2D eigenvalue weighted by molar-refractivity contribution is -0.120. The monoisotopic (exact) mass is 252 g/mol. The van der Waals surface area contributed by atoms with Crippen LogP contribution in [0.25, 0.3) is 0 Å². The first-order valence-electron chi connectivity index (χ1n) is 6.22. The van der Waals surface area contributed by atoms with Crippen LogP contribution in [-0.4, -0.2) is 42.0 Å². The lowest BCUT2D eigenvalue weighted by Gasteiger charge is -2.15. The molecule has 0 spiro atoms. The number of ether oxygens (including phenoxy) is 1. The number of aromatic nitrogens is 2. The van der Waals surface area contributed by atoms with Crippen LogP contribution in [-0.2, 0) is 9.53 Å². The Labute approximate surface area is 107 Å². The van der Waals surface area contributed by atoms with E-state index in [2.05, 4.69) is 15.7 Å². The summed E-state index contributed by atoms with van der Waals surface area (Å²) in [5.74, 6) is -0.160. The molecule has 18 heavy (non-hydrogen) atoms. The zero-order valence-corrected chi connectivity index (χ0v) is 11.0. The maximum Gasteiger partial charge on any atom is 0.231 e. The third kappa shape index (κ3) is 2.70. The van der Waals surface area contributed by atoms with Crippen molar-refractivity contribution < 1.29 is 9.53 Å². The second-order valence-electron chi connectivity index (χ2n) is 4.83. The molecular weight excluding hydrogens is 232 g/mol. The van der Waals surface area contributed by atoms with E-state index in [1.54, 1.807) is 6.20 Å². The highest BCUT2D eigenvalue weighted by Crippen LogP contribution is 2.17. The van der Waals surface area contributed by atoms with Crippen molar-refractivity contribution in [2.45, 2.75) is 25.9 Å². The molecule has 0 bridgehead atoms. The van der Waals surface area contributed by atoms with E-state index >= 15 is 0 Å². The van der Waals surface area contributed by atoms with Crippen molar-refractivity contribution in [2.75, 3.05) is 25.6 Å². The van der Waals surface area contributed by atoms with Gasteiger partial charge in [-0.3, -0.25) is 9.48 Å². The van der Waals surface area contributed by atoms with Crippen molar-refractivity contribution in [3.8, 4) is 0 Å². The smallest absolute Gasteiger partial charge is 0.231 e. The number of carbonyl (C=O) groups excluding carboxylic acids is 1. The van der Waals surface area contributed by atoms with Gasteiger partial charge in [-0.25, -0.2) is 0 Å². The zero-order valence-electron chi connectivity index (χ0n) is 11.0. The second kappa shape index (κ2) is 5.49. The van der Waals surface area contributed by atoms with Crippen LogP contribution in [0, 0.1) is 5.92 Å². The van der Waals surface area contributed by atoms with Gasteiger partial charge in [-0.15, -0.1) is 0 Å². The van der Waals surface area contributed by atoms with E-state index < -0.39 is 0 Å². The minimum absolute atomic E-state index is 0.0184. The fourth-order valence-corrected chi connectivity index (χ4v) is 2.02. The van der Waals surface area contributed by atoms with E-state index in [0.717, 1.165) is 5.69 Å². The van der Waals surface area contributed by atoms with Gasteiger partial charge in [0.1, 0.15) is 0 Å². The molecule has 6 heteroatoms. The average molecular weight is 252 g/mol. The summed E-state index contributed by atoms with van der Waals surface area (Å²) in [6.07, 6.45) is 3.51. The SMILES string of the molecule is CNC1COCC1C(=O)Nc1cnn(C(C)C)c1. The maximum atomic E-state index is 12.1. The fourth-order valence-electron chi connectivity index (χ4n) is 2.02. The number of hydrogen-bond donors (Lipinski definition) is 2. The summed E-state index contributed by atoms with van der Waals surface area (Å²) in [4.78, 5) is 12.1. The molecular formula is C12H20N4O2. The second-order valence-corrected chi connectivity index (χ2v) is 4.83. The number of hydrogen-bond acceptors (Lipinski definition) is 4. The minimum Gasteiger partial charge on any atom is -0.379 e. The molecule has 0 radical (unpaired) electrons. The summed E-state index contributed by atoms with van der Waals surface area (Å²) in [5, 5.41) is 10.2. The van der Waals surface area contributed by atoms with Crippen molar-refractivity contribution in [2.24, 2.45) is 5.92 Å². The van der Waals surface area contributed by atoms with Crippen LogP contribution in [0.15, 0.2) is 12.4 Å². The standard InChI is InChI=1S/C12H20N4O2/c1-8(2)16-5-9(4-14-16)15-12(17)10-6-18-7-11(10)13-3/h4-5,8,10-11,13H,6-7H2,1-3H3,(H,15,17). The zero-order chi connectivity index (χ0) is 13.1. The van der Waals surface area contributed by atoms with Gasteiger partial charge in [0, 0.05) is 18.3 Å². The first-order chi connectivity index (χ1) is 8.61. The van der Waals surface area contributed by atoms with E-state index in [1.165, 1.54) is 0 Å². The van der Waals surface area contributed by atoms with Gasteiger partial charge < -0.3 is 15.4 Å². The summed E-state index contributed by atoms with van der Waals surface area (Å²) >= 11 is 0. The Morgan fingerprint density at radius 2 is 2.33 bits per heavy atom. The molecule has 2 unspecified atom stereocenters. The quantitative estimate of drug-likeness (QED) is 0.825. The van der Waals surface area contributed by atoms with E-state index in [4.69, 9.17) is 4.74 Å². The Morgan fingerprint density at radius 3 is 2.94 bits per heavy atom. The average Bonchev–Trinajstić information content (AvgIpc) is 2.96. The van der Waals surface area contributed by atoms with Crippen molar-refractivity contribution in [3.63, 3.8) is 0 Å². The summed E-state index contributed by atoms with van der Waals surface area (Å²) in [7, 11) is 1.84. The Morgan fingerprint density at radius 1 is 1.56 bits per heavy atom. The highest BCUT2D eigenvalue weighted by Gasteiger charge is 2.33. The number of nitrogens with one attached hydrogen (secondary N) is 2. The van der Waals surface area contributed by atoms with Crippen molar-refractivity contribution >= 4 is 11.6 Å². The van der Waals surface area contributed by atoms with Gasteiger partial charge in [0.25, 0.3) is 0 Å². The lowest BCUT2D eigenvalue weighted by Crippen LogP contribution is -2.39. The van der Waals surface area contributed by atoms with Gasteiger partial charge in [-0.2, -0.15) is 5.10 Å². The molecule has 1 amide bonds. The molecule has 1 aliphatic rings. The Hall–Kier alpha value is -1.40. The fraction of sp³-hybridized carbons (Fsp3) is 0.667. The first kappa shape index (κ1) is 13.0. The number of amides is 1. The van der Waals surface area contributed by atoms with Crippen LogP contribution >= 0.6 is 0 Å². The Kier molecular flexibility index (Phi) is 3.98. The molecule has 2 N–H and O–H groups in total. The molecule has 0 aromatic carbocycles. The van der Waals surface area contributed by atoms with Crippen LogP contribution in [0.1, 0.15) is 19.9 Å². The van der Waals surface area contributed by atoms with Crippen LogP contribution < -0.4 is 10.6 Å². The molecule has 1 aliphatic heterocycles. The van der Waals surface area contributed by atoms with E-state index in [0.29, 0.717) is 13.2 Å². The molecule has 0 aliphatic carbocycles. The molecule has 2 atom stereocenters. The van der Waals surface area contributed by atoms with Crippen LogP contribution in [0.2, 0.25) is 0 Å². The van der Waals surface area contributed by atoms with Crippen LogP contribution in [0.5, 0.6) is 0 Å². The van der Waals surface area contributed by atoms with Gasteiger partial charge in [-0.05, 0) is 20.9 Å². The minimum atomic E-state index is -0.141. The summed E-state index contributed by atoms with van der Waals surface area (Å²) in [5.41, 5.74) is 0.732. The van der Waals surface area contributed by atoms with Crippen LogP contribution in [0.4, 0.5) is 5.69 Å². The number of anilines is 1. The molecule has 100 valence electrons. The third-order valence-electron chi connectivity index (χ3n) is 3.19. The van der Waals surface area contributed by atoms with Crippen LogP contribution in [0.3, 0.4) is 0 Å². The number of rotatable bonds is 4. The summed E-state index contributed by atoms with van der Waals surface area (Å²) in [6, 6.07) is 0.376. The van der Waals surface area contributed by atoms with Crippen molar-refractivity contribution in [1.82, 2.24) is 15.1 Å². The van der Waals surface area contributed by atoms with Crippen molar-refractivity contribution in [3.05, 3.63) is 12.4 Å². The molecule has 1 saturated heterocycles. The van der Waals surface area contributed by atoms with E-state index in [-0.39, 0.29) is 23.9 Å². The third-order valence-corrected chi connectivity index (χ3v) is 3.19. The van der Waals surface area contributed by atoms with Gasteiger partial charge in [0.05, 0.1) is 31.0 Å². The normalized spacial score (nSPS) is 23.6. The van der Waals surface area contributed by atoms with E-state index in [9.17, 15) is 4.79 Å². The first-order valence-corrected chi connectivity index (χ1v) is 6.22. The maximum absolute atomic E-state index is 12.1. The van der Waals surface area contributed by atoms with Gasteiger partial charge in [0.15, 0.2) is 0 Å². The van der Waals surface area contributed by atoms with Gasteiger partial charge in [-0.1, -0.05) is 0 Å². The molecule has 1 fully saturated rings. The molecule has 2 heterocycles. The molecule has 1 aromatic rings. The molecule has 6 nitrogen and oxygen atoms in total. The predicted molar refractivity (Wildman–Crippen MR) is 68.4 cm³/mol. The van der Waals surface area contributed by atoms with Gasteiger partial charge in [0.2, 0.25) is 5.91 Å². The summed E-state index contributed by atoms with van der Waals surface area (Å²) < 4.78 is 7.13. The molecule has 1 aromatic heterocycles. The van der Waals surface area contributed by atoms with E-state index in [1.807, 2.05) is 31.8 Å². The molecule has 0 saturated carbocycles. The lowest BCUT2D eigenvalue weighted by atomic mass is 10.0. The summed E-state index contributed by atoms with van der Waals surface area (Å²) in [6.45, 7) is 5.14.